The molecule has 3 aromatic rings. The van der Waals surface area contributed by atoms with Crippen molar-refractivity contribution in [2.24, 2.45) is 11.1 Å². The number of nitrogens with zero attached hydrogens (tertiary/aromatic N) is 2. The van der Waals surface area contributed by atoms with E-state index in [1.807, 2.05) is 54.7 Å². The summed E-state index contributed by atoms with van der Waals surface area (Å²) in [4.78, 5) is 10.2. The van der Waals surface area contributed by atoms with Crippen molar-refractivity contribution in [3.05, 3.63) is 78.0 Å². The largest absolute Gasteiger partial charge is 0.391 e. The number of pyridine rings is 1. The predicted molar refractivity (Wildman–Crippen MR) is 92.2 cm³/mol. The summed E-state index contributed by atoms with van der Waals surface area (Å²) in [5, 5.41) is 5.57. The first kappa shape index (κ1) is 13.9. The van der Waals surface area contributed by atoms with Crippen molar-refractivity contribution in [3.8, 4) is 0 Å². The van der Waals surface area contributed by atoms with E-state index in [1.165, 1.54) is 12.8 Å². The van der Waals surface area contributed by atoms with Gasteiger partial charge in [-0.25, -0.2) is 0 Å². The summed E-state index contributed by atoms with van der Waals surface area (Å²) in [5.41, 5.74) is 4.23. The van der Waals surface area contributed by atoms with Crippen LogP contribution in [0.1, 0.15) is 24.0 Å². The van der Waals surface area contributed by atoms with Gasteiger partial charge in [-0.05, 0) is 30.5 Å². The van der Waals surface area contributed by atoms with Crippen LogP contribution in [0.15, 0.2) is 72.0 Å². The van der Waals surface area contributed by atoms with Crippen LogP contribution in [-0.4, -0.2) is 10.7 Å². The van der Waals surface area contributed by atoms with Gasteiger partial charge in [0, 0.05) is 23.1 Å². The van der Waals surface area contributed by atoms with Crippen LogP contribution in [0.25, 0.3) is 10.9 Å². The standard InChI is InChI=1S/C20H18N2O/c1-2-6-15(7-3-1)14-23-22-20(16-10-11-16)18-12-17-8-4-5-9-19(17)21-13-18/h1-9,12-13,16H,10-11,14H2/b22-20-. The molecule has 1 fully saturated rings. The first-order valence-corrected chi connectivity index (χ1v) is 7.99. The predicted octanol–water partition coefficient (Wildman–Crippen LogP) is 4.57. The zero-order valence-corrected chi connectivity index (χ0v) is 12.9. The van der Waals surface area contributed by atoms with E-state index in [2.05, 4.69) is 22.3 Å². The molecule has 3 heteroatoms. The van der Waals surface area contributed by atoms with Crippen LogP contribution in [0, 0.1) is 5.92 Å². The molecule has 0 N–H and O–H groups in total. The van der Waals surface area contributed by atoms with Crippen LogP contribution in [-0.2, 0) is 11.4 Å². The van der Waals surface area contributed by atoms with Crippen molar-refractivity contribution in [2.75, 3.05) is 0 Å². The van der Waals surface area contributed by atoms with E-state index in [0.717, 1.165) is 27.7 Å². The van der Waals surface area contributed by atoms with Crippen molar-refractivity contribution >= 4 is 16.6 Å². The molecule has 2 aromatic carbocycles. The van der Waals surface area contributed by atoms with Crippen molar-refractivity contribution in [2.45, 2.75) is 19.4 Å². The quantitative estimate of drug-likeness (QED) is 0.511. The highest BCUT2D eigenvalue weighted by Crippen LogP contribution is 2.34. The maximum absolute atomic E-state index is 5.61. The minimum Gasteiger partial charge on any atom is -0.391 e. The smallest absolute Gasteiger partial charge is 0.142 e. The normalized spacial score (nSPS) is 14.9. The minimum absolute atomic E-state index is 0.498. The number of oxime groups is 1. The highest BCUT2D eigenvalue weighted by molar-refractivity contribution is 6.04. The molecular weight excluding hydrogens is 284 g/mol. The van der Waals surface area contributed by atoms with Crippen LogP contribution in [0.5, 0.6) is 0 Å². The van der Waals surface area contributed by atoms with E-state index in [4.69, 9.17) is 4.84 Å². The van der Waals surface area contributed by atoms with Gasteiger partial charge in [-0.1, -0.05) is 53.7 Å². The Labute approximate surface area is 135 Å². The minimum atomic E-state index is 0.498. The highest BCUT2D eigenvalue weighted by atomic mass is 16.6. The molecule has 0 bridgehead atoms. The molecule has 3 nitrogen and oxygen atoms in total. The number of rotatable bonds is 5. The second-order valence-electron chi connectivity index (χ2n) is 5.93. The van der Waals surface area contributed by atoms with Gasteiger partial charge in [0.2, 0.25) is 0 Å². The van der Waals surface area contributed by atoms with Crippen LogP contribution < -0.4 is 0 Å². The molecule has 0 saturated heterocycles. The fourth-order valence-electron chi connectivity index (χ4n) is 2.68. The Hall–Kier alpha value is -2.68. The van der Waals surface area contributed by atoms with Gasteiger partial charge in [0.05, 0.1) is 11.2 Å². The first-order valence-electron chi connectivity index (χ1n) is 7.99. The summed E-state index contributed by atoms with van der Waals surface area (Å²) in [6.45, 7) is 0.498. The number of hydrogen-bond acceptors (Lipinski definition) is 3. The first-order chi connectivity index (χ1) is 11.4. The van der Waals surface area contributed by atoms with Gasteiger partial charge in [-0.3, -0.25) is 4.98 Å². The summed E-state index contributed by atoms with van der Waals surface area (Å²) >= 11 is 0. The summed E-state index contributed by atoms with van der Waals surface area (Å²) in [6, 6.07) is 20.4. The Bertz CT molecular complexity index is 838. The Morgan fingerprint density at radius 2 is 1.83 bits per heavy atom. The van der Waals surface area contributed by atoms with Crippen molar-refractivity contribution in [1.29, 1.82) is 0 Å². The van der Waals surface area contributed by atoms with E-state index in [-0.39, 0.29) is 0 Å². The van der Waals surface area contributed by atoms with Gasteiger partial charge in [-0.15, -0.1) is 0 Å². The molecule has 0 aliphatic heterocycles. The topological polar surface area (TPSA) is 34.5 Å². The van der Waals surface area contributed by atoms with Gasteiger partial charge in [0.1, 0.15) is 6.61 Å². The van der Waals surface area contributed by atoms with Crippen LogP contribution in [0.2, 0.25) is 0 Å². The molecule has 1 saturated carbocycles. The molecule has 23 heavy (non-hydrogen) atoms. The fraction of sp³-hybridized carbons (Fsp3) is 0.200. The zero-order valence-electron chi connectivity index (χ0n) is 12.9. The van der Waals surface area contributed by atoms with Gasteiger partial charge in [-0.2, -0.15) is 0 Å². The highest BCUT2D eigenvalue weighted by Gasteiger charge is 2.29. The summed E-state index contributed by atoms with van der Waals surface area (Å²) in [7, 11) is 0. The third-order valence-electron chi connectivity index (χ3n) is 4.09. The Kier molecular flexibility index (Phi) is 3.76. The molecule has 4 rings (SSSR count). The van der Waals surface area contributed by atoms with Crippen LogP contribution >= 0.6 is 0 Å². The third-order valence-corrected chi connectivity index (χ3v) is 4.09. The van der Waals surface area contributed by atoms with Gasteiger partial charge in [0.15, 0.2) is 0 Å². The molecule has 1 aliphatic rings. The van der Waals surface area contributed by atoms with Crippen molar-refractivity contribution in [3.63, 3.8) is 0 Å². The van der Waals surface area contributed by atoms with Crippen molar-refractivity contribution < 1.29 is 4.84 Å². The molecule has 0 unspecified atom stereocenters. The summed E-state index contributed by atoms with van der Waals surface area (Å²) in [5.74, 6) is 0.508. The lowest BCUT2D eigenvalue weighted by molar-refractivity contribution is 0.130. The molecule has 0 atom stereocenters. The van der Waals surface area contributed by atoms with E-state index < -0.39 is 0 Å². The monoisotopic (exact) mass is 302 g/mol. The number of para-hydroxylation sites is 1. The molecular formula is C20H18N2O. The molecule has 0 amide bonds. The second kappa shape index (κ2) is 6.21. The fourth-order valence-corrected chi connectivity index (χ4v) is 2.68. The van der Waals surface area contributed by atoms with E-state index in [9.17, 15) is 0 Å². The Morgan fingerprint density at radius 3 is 2.65 bits per heavy atom. The van der Waals surface area contributed by atoms with E-state index in [0.29, 0.717) is 12.5 Å². The Morgan fingerprint density at radius 1 is 1.04 bits per heavy atom. The number of fused-ring (bicyclic) bond motifs is 1. The number of benzene rings is 2. The van der Waals surface area contributed by atoms with E-state index in [1.54, 1.807) is 0 Å². The van der Waals surface area contributed by atoms with Crippen LogP contribution in [0.3, 0.4) is 0 Å². The molecule has 1 aliphatic carbocycles. The van der Waals surface area contributed by atoms with Gasteiger partial charge in [0.25, 0.3) is 0 Å². The molecule has 0 spiro atoms. The third kappa shape index (κ3) is 3.24. The SMILES string of the molecule is c1ccc(CO/N=C(\c2cnc3ccccc3c2)C2CC2)cc1. The number of hydrogen-bond donors (Lipinski definition) is 0. The molecule has 0 radical (unpaired) electrons. The maximum atomic E-state index is 5.61. The lowest BCUT2D eigenvalue weighted by Crippen LogP contribution is -2.05. The maximum Gasteiger partial charge on any atom is 0.142 e. The molecule has 114 valence electrons. The Balaban J connectivity index is 1.58. The number of aromatic nitrogens is 1. The lowest BCUT2D eigenvalue weighted by Gasteiger charge is -2.07. The van der Waals surface area contributed by atoms with E-state index >= 15 is 0 Å². The summed E-state index contributed by atoms with van der Waals surface area (Å²) in [6.07, 6.45) is 4.27. The lowest BCUT2D eigenvalue weighted by atomic mass is 10.1. The summed E-state index contributed by atoms with van der Waals surface area (Å²) < 4.78 is 0. The average Bonchev–Trinajstić information content (AvgIpc) is 3.44. The van der Waals surface area contributed by atoms with Crippen LogP contribution in [0.4, 0.5) is 0 Å². The molecule has 1 aromatic heterocycles. The average molecular weight is 302 g/mol. The molecule has 1 heterocycles. The van der Waals surface area contributed by atoms with Gasteiger partial charge >= 0.3 is 0 Å². The van der Waals surface area contributed by atoms with Gasteiger partial charge < -0.3 is 4.84 Å². The zero-order chi connectivity index (χ0) is 15.5. The van der Waals surface area contributed by atoms with Crippen molar-refractivity contribution in [1.82, 2.24) is 4.98 Å². The second-order valence-corrected chi connectivity index (χ2v) is 5.93.